The van der Waals surface area contributed by atoms with Gasteiger partial charge in [-0.2, -0.15) is 4.89 Å². The van der Waals surface area contributed by atoms with Crippen molar-refractivity contribution >= 4 is 7.94 Å². The lowest BCUT2D eigenvalue weighted by atomic mass is 10.3. The molecule has 0 atom stereocenters. The lowest BCUT2D eigenvalue weighted by Gasteiger charge is -2.15. The third-order valence-electron chi connectivity index (χ3n) is 2.16. The van der Waals surface area contributed by atoms with Crippen LogP contribution in [0.1, 0.15) is 0 Å². The van der Waals surface area contributed by atoms with Crippen molar-refractivity contribution in [3.63, 3.8) is 0 Å². The van der Waals surface area contributed by atoms with E-state index in [1.165, 1.54) is 0 Å². The summed E-state index contributed by atoms with van der Waals surface area (Å²) in [5.74, 6) is 0.914. The monoisotopic (exact) mass is 265 g/mol. The lowest BCUT2D eigenvalue weighted by Crippen LogP contribution is -2.11. The SMILES string of the molecule is OC[P+](O)(Oc1ccccc1)Oc1ccccc1. The van der Waals surface area contributed by atoms with E-state index < -0.39 is 14.3 Å². The molecule has 2 aromatic carbocycles. The summed E-state index contributed by atoms with van der Waals surface area (Å²) in [7, 11) is -3.34. The van der Waals surface area contributed by atoms with Crippen molar-refractivity contribution in [3.8, 4) is 11.5 Å². The smallest absolute Gasteiger partial charge is 0.354 e. The fourth-order valence-electron chi connectivity index (χ4n) is 1.37. The van der Waals surface area contributed by atoms with Crippen molar-refractivity contribution in [3.05, 3.63) is 60.7 Å². The Morgan fingerprint density at radius 3 is 1.50 bits per heavy atom. The maximum absolute atomic E-state index is 10.1. The zero-order valence-corrected chi connectivity index (χ0v) is 10.5. The van der Waals surface area contributed by atoms with Crippen molar-refractivity contribution in [2.24, 2.45) is 0 Å². The van der Waals surface area contributed by atoms with Gasteiger partial charge in [-0.25, -0.2) is 0 Å². The standard InChI is InChI=1S/C13H14O4P/c14-11-18(15,16-12-7-3-1-4-8-12)17-13-9-5-2-6-10-13/h1-10,14-15H,11H2/q+1. The molecule has 5 heteroatoms. The molecule has 0 bridgehead atoms. The maximum atomic E-state index is 10.1. The van der Waals surface area contributed by atoms with E-state index in [0.29, 0.717) is 11.5 Å². The van der Waals surface area contributed by atoms with Gasteiger partial charge >= 0.3 is 7.94 Å². The quantitative estimate of drug-likeness (QED) is 0.816. The fraction of sp³-hybridized carbons (Fsp3) is 0.0769. The van der Waals surface area contributed by atoms with Gasteiger partial charge in [0.15, 0.2) is 11.5 Å². The summed E-state index contributed by atoms with van der Waals surface area (Å²) >= 11 is 0. The van der Waals surface area contributed by atoms with Crippen LogP contribution in [0.15, 0.2) is 60.7 Å². The van der Waals surface area contributed by atoms with Gasteiger partial charge in [-0.15, -0.1) is 0 Å². The van der Waals surface area contributed by atoms with Gasteiger partial charge in [0.2, 0.25) is 0 Å². The number of aliphatic hydroxyl groups excluding tert-OH is 1. The highest BCUT2D eigenvalue weighted by Gasteiger charge is 2.43. The highest BCUT2D eigenvalue weighted by atomic mass is 31.2. The molecule has 18 heavy (non-hydrogen) atoms. The van der Waals surface area contributed by atoms with E-state index in [2.05, 4.69) is 0 Å². The molecule has 0 aliphatic heterocycles. The van der Waals surface area contributed by atoms with Crippen LogP contribution in [0.2, 0.25) is 0 Å². The van der Waals surface area contributed by atoms with Gasteiger partial charge in [-0.3, -0.25) is 9.05 Å². The molecule has 0 aliphatic rings. The van der Waals surface area contributed by atoms with E-state index in [-0.39, 0.29) is 0 Å². The Labute approximate surface area is 106 Å². The van der Waals surface area contributed by atoms with Gasteiger partial charge in [0.05, 0.1) is 0 Å². The summed E-state index contributed by atoms with van der Waals surface area (Å²) in [5.41, 5.74) is 0. The van der Waals surface area contributed by atoms with E-state index >= 15 is 0 Å². The zero-order chi connectivity index (χ0) is 12.8. The summed E-state index contributed by atoms with van der Waals surface area (Å²) in [6.45, 7) is 0. The summed E-state index contributed by atoms with van der Waals surface area (Å²) in [6, 6.07) is 17.5. The molecule has 0 fully saturated rings. The number of rotatable bonds is 5. The Hall–Kier alpha value is -1.61. The number of hydrogen-bond donors (Lipinski definition) is 2. The maximum Gasteiger partial charge on any atom is 0.522 e. The predicted octanol–water partition coefficient (Wildman–Crippen LogP) is 2.85. The van der Waals surface area contributed by atoms with Crippen molar-refractivity contribution in [2.45, 2.75) is 0 Å². The Kier molecular flexibility index (Phi) is 4.15. The zero-order valence-electron chi connectivity index (χ0n) is 9.64. The molecule has 0 amide bonds. The molecule has 2 N–H and O–H groups in total. The Morgan fingerprint density at radius 1 is 0.778 bits per heavy atom. The molecular weight excluding hydrogens is 251 g/mol. The molecule has 0 radical (unpaired) electrons. The third kappa shape index (κ3) is 3.44. The van der Waals surface area contributed by atoms with E-state index in [1.807, 2.05) is 12.1 Å². The van der Waals surface area contributed by atoms with Gasteiger partial charge in [0, 0.05) is 0 Å². The molecule has 0 aliphatic carbocycles. The largest absolute Gasteiger partial charge is 0.522 e. The molecule has 4 nitrogen and oxygen atoms in total. The summed E-state index contributed by atoms with van der Waals surface area (Å²) in [5, 5.41) is 9.26. The van der Waals surface area contributed by atoms with Gasteiger partial charge in [-0.05, 0) is 24.3 Å². The minimum absolute atomic E-state index is 0.457. The van der Waals surface area contributed by atoms with Crippen LogP contribution < -0.4 is 9.05 Å². The second kappa shape index (κ2) is 5.83. The third-order valence-corrected chi connectivity index (χ3v) is 3.51. The van der Waals surface area contributed by atoms with Gasteiger partial charge in [-0.1, -0.05) is 36.4 Å². The predicted molar refractivity (Wildman–Crippen MR) is 70.4 cm³/mol. The number of benzene rings is 2. The first-order valence-electron chi connectivity index (χ1n) is 5.43. The second-order valence-electron chi connectivity index (χ2n) is 3.59. The van der Waals surface area contributed by atoms with Crippen LogP contribution in [0.3, 0.4) is 0 Å². The fourth-order valence-corrected chi connectivity index (χ4v) is 2.42. The molecule has 0 heterocycles. The first-order chi connectivity index (χ1) is 8.72. The van der Waals surface area contributed by atoms with Crippen LogP contribution in [-0.4, -0.2) is 16.3 Å². The van der Waals surface area contributed by atoms with Crippen LogP contribution in [0.25, 0.3) is 0 Å². The Balaban J connectivity index is 2.11. The minimum Gasteiger partial charge on any atom is -0.354 e. The molecule has 0 saturated carbocycles. The molecule has 0 unspecified atom stereocenters. The highest BCUT2D eigenvalue weighted by Crippen LogP contribution is 2.55. The molecule has 0 spiro atoms. The number of para-hydroxylation sites is 2. The summed E-state index contributed by atoms with van der Waals surface area (Å²) in [6.07, 6.45) is -0.573. The van der Waals surface area contributed by atoms with Gasteiger partial charge in [0.1, 0.15) is 0 Å². The lowest BCUT2D eigenvalue weighted by molar-refractivity contribution is 0.270. The molecular formula is C13H14O4P+. The van der Waals surface area contributed by atoms with Crippen LogP contribution >= 0.6 is 7.94 Å². The normalized spacial score (nSPS) is 11.0. The molecule has 2 rings (SSSR count). The summed E-state index contributed by atoms with van der Waals surface area (Å²) < 4.78 is 10.7. The average Bonchev–Trinajstić information content (AvgIpc) is 2.41. The van der Waals surface area contributed by atoms with Crippen molar-refractivity contribution < 1.29 is 19.0 Å². The van der Waals surface area contributed by atoms with E-state index in [9.17, 15) is 10.00 Å². The van der Waals surface area contributed by atoms with Crippen LogP contribution in [-0.2, 0) is 0 Å². The molecule has 94 valence electrons. The molecule has 2 aromatic rings. The van der Waals surface area contributed by atoms with Gasteiger partial charge < -0.3 is 5.11 Å². The van der Waals surface area contributed by atoms with Crippen LogP contribution in [0, 0.1) is 0 Å². The topological polar surface area (TPSA) is 58.9 Å². The van der Waals surface area contributed by atoms with Crippen molar-refractivity contribution in [1.82, 2.24) is 0 Å². The molecule has 0 aromatic heterocycles. The van der Waals surface area contributed by atoms with Crippen LogP contribution in [0.4, 0.5) is 0 Å². The first-order valence-corrected chi connectivity index (χ1v) is 7.19. The van der Waals surface area contributed by atoms with E-state index in [4.69, 9.17) is 9.05 Å². The van der Waals surface area contributed by atoms with Crippen molar-refractivity contribution in [2.75, 3.05) is 6.35 Å². The van der Waals surface area contributed by atoms with E-state index in [1.54, 1.807) is 48.5 Å². The second-order valence-corrected chi connectivity index (χ2v) is 5.51. The number of aliphatic hydroxyl groups is 1. The van der Waals surface area contributed by atoms with Crippen molar-refractivity contribution in [1.29, 1.82) is 0 Å². The Bertz CT molecular complexity index is 433. The summed E-state index contributed by atoms with van der Waals surface area (Å²) in [4.78, 5) is 10.1. The average molecular weight is 265 g/mol. The van der Waals surface area contributed by atoms with Crippen LogP contribution in [0.5, 0.6) is 11.5 Å². The Morgan fingerprint density at radius 2 is 1.17 bits per heavy atom. The van der Waals surface area contributed by atoms with E-state index in [0.717, 1.165) is 0 Å². The first kappa shape index (κ1) is 12.8. The minimum atomic E-state index is -3.34. The number of hydrogen-bond acceptors (Lipinski definition) is 4. The highest BCUT2D eigenvalue weighted by molar-refractivity contribution is 7.61. The molecule has 0 saturated heterocycles. The van der Waals surface area contributed by atoms with Gasteiger partial charge in [0.25, 0.3) is 6.35 Å².